The number of hydrogen-bond acceptors (Lipinski definition) is 3. The summed E-state index contributed by atoms with van der Waals surface area (Å²) in [4.78, 5) is 4.51. The van der Waals surface area contributed by atoms with Crippen molar-refractivity contribution in [3.05, 3.63) is 22.3 Å². The summed E-state index contributed by atoms with van der Waals surface area (Å²) in [6, 6.07) is 4.47. The van der Waals surface area contributed by atoms with Crippen LogP contribution in [0.1, 0.15) is 26.0 Å². The Labute approximate surface area is 111 Å². The summed E-state index contributed by atoms with van der Waals surface area (Å²) in [6.07, 6.45) is 1.39. The second-order valence-corrected chi connectivity index (χ2v) is 6.10. The van der Waals surface area contributed by atoms with E-state index in [1.54, 1.807) is 7.11 Å². The molecule has 1 aromatic rings. The summed E-state index contributed by atoms with van der Waals surface area (Å²) < 4.78 is 6.49. The normalized spacial score (nSPS) is 26.4. The van der Waals surface area contributed by atoms with Gasteiger partial charge in [0.25, 0.3) is 0 Å². The monoisotopic (exact) mass is 298 g/mol. The molecule has 1 N–H and O–H groups in total. The van der Waals surface area contributed by atoms with Crippen LogP contribution in [0.3, 0.4) is 0 Å². The third-order valence-corrected chi connectivity index (χ3v) is 4.64. The predicted molar refractivity (Wildman–Crippen MR) is 73.3 cm³/mol. The molecule has 17 heavy (non-hydrogen) atoms. The minimum Gasteiger partial charge on any atom is -0.381 e. The van der Waals surface area contributed by atoms with Crippen LogP contribution in [-0.2, 0) is 4.74 Å². The number of aryl methyl sites for hydroxylation is 1. The zero-order valence-corrected chi connectivity index (χ0v) is 12.3. The Kier molecular flexibility index (Phi) is 3.46. The molecule has 4 heteroatoms. The number of methoxy groups -OCH3 is 1. The van der Waals surface area contributed by atoms with Gasteiger partial charge >= 0.3 is 0 Å². The Hall–Kier alpha value is -0.610. The molecule has 3 nitrogen and oxygen atoms in total. The van der Waals surface area contributed by atoms with Gasteiger partial charge in [-0.1, -0.05) is 13.8 Å². The molecule has 0 radical (unpaired) electrons. The van der Waals surface area contributed by atoms with Gasteiger partial charge in [0.05, 0.1) is 11.8 Å². The number of anilines is 1. The molecule has 0 amide bonds. The fourth-order valence-corrected chi connectivity index (χ4v) is 2.55. The minimum absolute atomic E-state index is 0.164. The van der Waals surface area contributed by atoms with Gasteiger partial charge in [-0.15, -0.1) is 0 Å². The third kappa shape index (κ3) is 2.33. The lowest BCUT2D eigenvalue weighted by Crippen LogP contribution is -2.57. The first-order valence-electron chi connectivity index (χ1n) is 5.87. The van der Waals surface area contributed by atoms with Crippen LogP contribution in [0, 0.1) is 12.3 Å². The lowest BCUT2D eigenvalue weighted by molar-refractivity contribution is -0.0795. The Morgan fingerprint density at radius 3 is 2.71 bits per heavy atom. The highest BCUT2D eigenvalue weighted by atomic mass is 79.9. The molecule has 0 aliphatic heterocycles. The topological polar surface area (TPSA) is 34.1 Å². The maximum absolute atomic E-state index is 5.44. The van der Waals surface area contributed by atoms with Crippen LogP contribution in [-0.4, -0.2) is 24.2 Å². The van der Waals surface area contributed by atoms with Gasteiger partial charge in [-0.2, -0.15) is 0 Å². The molecule has 1 aliphatic carbocycles. The SMILES string of the molecule is COC1CC(Nc2ccc(Br)c(C)n2)C1(C)C. The van der Waals surface area contributed by atoms with E-state index in [2.05, 4.69) is 40.1 Å². The van der Waals surface area contributed by atoms with Gasteiger partial charge < -0.3 is 10.1 Å². The van der Waals surface area contributed by atoms with Crippen molar-refractivity contribution >= 4 is 21.7 Å². The number of nitrogens with one attached hydrogen (secondary N) is 1. The van der Waals surface area contributed by atoms with E-state index in [1.165, 1.54) is 0 Å². The third-order valence-electron chi connectivity index (χ3n) is 3.81. The van der Waals surface area contributed by atoms with Crippen molar-refractivity contribution in [3.8, 4) is 0 Å². The van der Waals surface area contributed by atoms with Crippen molar-refractivity contribution < 1.29 is 4.74 Å². The number of hydrogen-bond donors (Lipinski definition) is 1. The summed E-state index contributed by atoms with van der Waals surface area (Å²) in [6.45, 7) is 6.46. The first kappa shape index (κ1) is 12.8. The number of rotatable bonds is 3. The van der Waals surface area contributed by atoms with Crippen LogP contribution in [0.25, 0.3) is 0 Å². The van der Waals surface area contributed by atoms with Crippen molar-refractivity contribution in [2.24, 2.45) is 5.41 Å². The number of nitrogens with zero attached hydrogens (tertiary/aromatic N) is 1. The fourth-order valence-electron chi connectivity index (χ4n) is 2.33. The second kappa shape index (κ2) is 4.58. The molecule has 94 valence electrons. The Bertz CT molecular complexity index is 420. The highest BCUT2D eigenvalue weighted by molar-refractivity contribution is 9.10. The number of aromatic nitrogens is 1. The minimum atomic E-state index is 0.164. The molecule has 1 aromatic heterocycles. The van der Waals surface area contributed by atoms with Gasteiger partial charge in [0.15, 0.2) is 0 Å². The largest absolute Gasteiger partial charge is 0.381 e. The highest BCUT2D eigenvalue weighted by Crippen LogP contribution is 2.43. The lowest BCUT2D eigenvalue weighted by atomic mass is 9.64. The van der Waals surface area contributed by atoms with E-state index < -0.39 is 0 Å². The molecule has 0 spiro atoms. The maximum atomic E-state index is 5.44. The highest BCUT2D eigenvalue weighted by Gasteiger charge is 2.48. The van der Waals surface area contributed by atoms with Crippen molar-refractivity contribution in [2.75, 3.05) is 12.4 Å². The molecule has 0 aromatic carbocycles. The number of pyridine rings is 1. The zero-order chi connectivity index (χ0) is 12.6. The Balaban J connectivity index is 2.05. The standard InChI is InChI=1S/C13H19BrN2O/c1-8-9(14)5-6-12(15-8)16-10-7-11(17-4)13(10,2)3/h5-6,10-11H,7H2,1-4H3,(H,15,16). The van der Waals surface area contributed by atoms with E-state index in [0.717, 1.165) is 22.4 Å². The van der Waals surface area contributed by atoms with Gasteiger partial charge in [0.1, 0.15) is 5.82 Å². The zero-order valence-electron chi connectivity index (χ0n) is 10.7. The van der Waals surface area contributed by atoms with Gasteiger partial charge in [0, 0.05) is 23.0 Å². The smallest absolute Gasteiger partial charge is 0.126 e. The predicted octanol–water partition coefficient (Wildman–Crippen LogP) is 3.38. The van der Waals surface area contributed by atoms with Crippen molar-refractivity contribution in [1.82, 2.24) is 4.98 Å². The molecule has 0 bridgehead atoms. The van der Waals surface area contributed by atoms with Crippen molar-refractivity contribution in [2.45, 2.75) is 39.3 Å². The summed E-state index contributed by atoms with van der Waals surface area (Å²) in [5.41, 5.74) is 1.17. The Morgan fingerprint density at radius 2 is 2.18 bits per heavy atom. The summed E-state index contributed by atoms with van der Waals surface area (Å²) in [5, 5.41) is 3.49. The second-order valence-electron chi connectivity index (χ2n) is 5.24. The van der Waals surface area contributed by atoms with E-state index in [9.17, 15) is 0 Å². The first-order chi connectivity index (χ1) is 7.95. The van der Waals surface area contributed by atoms with Crippen LogP contribution >= 0.6 is 15.9 Å². The van der Waals surface area contributed by atoms with Crippen molar-refractivity contribution in [3.63, 3.8) is 0 Å². The number of halogens is 1. The molecule has 2 atom stereocenters. The van der Waals surface area contributed by atoms with Crippen LogP contribution in [0.4, 0.5) is 5.82 Å². The lowest BCUT2D eigenvalue weighted by Gasteiger charge is -2.51. The average Bonchev–Trinajstić information content (AvgIpc) is 2.28. The quantitative estimate of drug-likeness (QED) is 0.929. The molecular weight excluding hydrogens is 280 g/mol. The molecule has 2 rings (SSSR count). The molecule has 0 saturated heterocycles. The van der Waals surface area contributed by atoms with E-state index in [1.807, 2.05) is 19.1 Å². The van der Waals surface area contributed by atoms with Gasteiger partial charge in [-0.25, -0.2) is 4.98 Å². The van der Waals surface area contributed by atoms with Gasteiger partial charge in [-0.05, 0) is 41.4 Å². The van der Waals surface area contributed by atoms with Crippen molar-refractivity contribution in [1.29, 1.82) is 0 Å². The maximum Gasteiger partial charge on any atom is 0.126 e. The van der Waals surface area contributed by atoms with Crippen LogP contribution in [0.2, 0.25) is 0 Å². The number of ether oxygens (including phenoxy) is 1. The summed E-state index contributed by atoms with van der Waals surface area (Å²) in [5.74, 6) is 0.943. The van der Waals surface area contributed by atoms with E-state index in [-0.39, 0.29) is 5.41 Å². The van der Waals surface area contributed by atoms with Gasteiger partial charge in [-0.3, -0.25) is 0 Å². The van der Waals surface area contributed by atoms with E-state index in [0.29, 0.717) is 12.1 Å². The Morgan fingerprint density at radius 1 is 1.47 bits per heavy atom. The molecule has 1 aliphatic rings. The summed E-state index contributed by atoms with van der Waals surface area (Å²) >= 11 is 3.46. The summed E-state index contributed by atoms with van der Waals surface area (Å²) in [7, 11) is 1.78. The molecule has 1 saturated carbocycles. The molecule has 1 fully saturated rings. The van der Waals surface area contributed by atoms with Crippen LogP contribution < -0.4 is 5.32 Å². The van der Waals surface area contributed by atoms with Crippen LogP contribution in [0.5, 0.6) is 0 Å². The molecular formula is C13H19BrN2O. The fraction of sp³-hybridized carbons (Fsp3) is 0.615. The van der Waals surface area contributed by atoms with E-state index in [4.69, 9.17) is 4.74 Å². The van der Waals surface area contributed by atoms with Crippen LogP contribution in [0.15, 0.2) is 16.6 Å². The van der Waals surface area contributed by atoms with E-state index >= 15 is 0 Å². The molecule has 1 heterocycles. The first-order valence-corrected chi connectivity index (χ1v) is 6.67. The average molecular weight is 299 g/mol. The molecule has 2 unspecified atom stereocenters. The van der Waals surface area contributed by atoms with Gasteiger partial charge in [0.2, 0.25) is 0 Å².